The van der Waals surface area contributed by atoms with Gasteiger partial charge in [-0.2, -0.15) is 0 Å². The Kier molecular flexibility index (Phi) is 3.03. The Morgan fingerprint density at radius 3 is 2.79 bits per heavy atom. The fourth-order valence-corrected chi connectivity index (χ4v) is 1.10. The van der Waals surface area contributed by atoms with Crippen molar-refractivity contribution in [3.8, 4) is 11.5 Å². The molecule has 14 heavy (non-hydrogen) atoms. The van der Waals surface area contributed by atoms with Crippen LogP contribution in [0.2, 0.25) is 0 Å². The van der Waals surface area contributed by atoms with Crippen LogP contribution in [0.25, 0.3) is 0 Å². The van der Waals surface area contributed by atoms with Crippen molar-refractivity contribution < 1.29 is 19.0 Å². The monoisotopic (exact) mass is 199 g/mol. The molecule has 0 aliphatic rings. The zero-order chi connectivity index (χ0) is 10.7. The van der Waals surface area contributed by atoms with Crippen LogP contribution in [0.3, 0.4) is 0 Å². The summed E-state index contributed by atoms with van der Waals surface area (Å²) in [5.74, 6) is -1.72. The fraction of sp³-hybridized carbons (Fsp3) is 0.222. The van der Waals surface area contributed by atoms with Crippen molar-refractivity contribution in [3.63, 3.8) is 0 Å². The highest BCUT2D eigenvalue weighted by Crippen LogP contribution is 2.27. The molecule has 0 amide bonds. The summed E-state index contributed by atoms with van der Waals surface area (Å²) < 4.78 is 18.0. The molecule has 3 N–H and O–H groups in total. The summed E-state index contributed by atoms with van der Waals surface area (Å²) in [5, 5.41) is 9.04. The van der Waals surface area contributed by atoms with Gasteiger partial charge in [0.25, 0.3) is 0 Å². The molecular weight excluding hydrogens is 189 g/mol. The molecule has 76 valence electrons. The number of ketones is 1. The highest BCUT2D eigenvalue weighted by atomic mass is 19.1. The number of Topliss-reactive ketones (excluding diaryl/α,β-unsaturated/α-hetero) is 1. The average molecular weight is 199 g/mol. The van der Waals surface area contributed by atoms with Gasteiger partial charge in [0, 0.05) is 12.1 Å². The van der Waals surface area contributed by atoms with E-state index in [1.54, 1.807) is 0 Å². The Morgan fingerprint density at radius 1 is 1.64 bits per heavy atom. The topological polar surface area (TPSA) is 72.5 Å². The molecule has 4 nitrogen and oxygen atoms in total. The van der Waals surface area contributed by atoms with E-state index in [0.29, 0.717) is 0 Å². The van der Waals surface area contributed by atoms with E-state index in [-0.39, 0.29) is 23.6 Å². The third-order valence-electron chi connectivity index (χ3n) is 1.72. The number of hydrogen-bond donors (Lipinski definition) is 2. The zero-order valence-electron chi connectivity index (χ0n) is 7.58. The standard InChI is InChI=1S/C9H10FNO3/c1-14-8-3-5(12)2-6(10)9(8)7(13)4-11/h2-3,12H,4,11H2,1H3. The normalized spacial score (nSPS) is 9.93. The Hall–Kier alpha value is -1.62. The third kappa shape index (κ3) is 1.82. The fourth-order valence-electron chi connectivity index (χ4n) is 1.10. The molecule has 0 aliphatic heterocycles. The number of carbonyl (C=O) groups is 1. The maximum atomic E-state index is 13.2. The molecule has 1 aromatic rings. The molecule has 1 aromatic carbocycles. The van der Waals surface area contributed by atoms with Gasteiger partial charge in [0.2, 0.25) is 0 Å². The predicted octanol–water partition coefficient (Wildman–Crippen LogP) is 0.681. The van der Waals surface area contributed by atoms with Crippen molar-refractivity contribution in [1.29, 1.82) is 0 Å². The maximum absolute atomic E-state index is 13.2. The largest absolute Gasteiger partial charge is 0.508 e. The number of phenolic OH excluding ortho intramolecular Hbond substituents is 1. The zero-order valence-corrected chi connectivity index (χ0v) is 7.58. The van der Waals surface area contributed by atoms with Crippen LogP contribution in [0.1, 0.15) is 10.4 Å². The van der Waals surface area contributed by atoms with Crippen LogP contribution in [-0.4, -0.2) is 24.5 Å². The predicted molar refractivity (Wildman–Crippen MR) is 48.0 cm³/mol. The number of carbonyl (C=O) groups excluding carboxylic acids is 1. The lowest BCUT2D eigenvalue weighted by molar-refractivity contribution is 0.0994. The Balaban J connectivity index is 3.32. The van der Waals surface area contributed by atoms with Crippen molar-refractivity contribution in [3.05, 3.63) is 23.5 Å². The molecule has 5 heteroatoms. The smallest absolute Gasteiger partial charge is 0.183 e. The van der Waals surface area contributed by atoms with E-state index in [1.165, 1.54) is 7.11 Å². The Morgan fingerprint density at radius 2 is 2.29 bits per heavy atom. The molecule has 0 aliphatic carbocycles. The van der Waals surface area contributed by atoms with E-state index in [4.69, 9.17) is 15.6 Å². The lowest BCUT2D eigenvalue weighted by atomic mass is 10.1. The number of halogens is 1. The number of hydrogen-bond acceptors (Lipinski definition) is 4. The number of nitrogens with two attached hydrogens (primary N) is 1. The molecular formula is C9H10FNO3. The molecule has 0 heterocycles. The summed E-state index contributed by atoms with van der Waals surface area (Å²) in [6.45, 7) is -0.307. The minimum absolute atomic E-state index is 0.0158. The van der Waals surface area contributed by atoms with E-state index in [9.17, 15) is 9.18 Å². The van der Waals surface area contributed by atoms with Crippen LogP contribution in [0.4, 0.5) is 4.39 Å². The molecule has 0 saturated heterocycles. The molecule has 1 rings (SSSR count). The van der Waals surface area contributed by atoms with Crippen molar-refractivity contribution in [2.75, 3.05) is 13.7 Å². The highest BCUT2D eigenvalue weighted by Gasteiger charge is 2.17. The molecule has 0 atom stereocenters. The quantitative estimate of drug-likeness (QED) is 0.702. The Labute approximate surface area is 80.1 Å². The first-order valence-corrected chi connectivity index (χ1v) is 3.90. The number of rotatable bonds is 3. The lowest BCUT2D eigenvalue weighted by Crippen LogP contribution is -2.16. The van der Waals surface area contributed by atoms with E-state index in [2.05, 4.69) is 0 Å². The van der Waals surface area contributed by atoms with Crippen molar-refractivity contribution in [2.24, 2.45) is 5.73 Å². The van der Waals surface area contributed by atoms with Gasteiger partial charge >= 0.3 is 0 Å². The van der Waals surface area contributed by atoms with Gasteiger partial charge in [-0.1, -0.05) is 0 Å². The van der Waals surface area contributed by atoms with Gasteiger partial charge in [0.05, 0.1) is 19.2 Å². The second-order valence-corrected chi connectivity index (χ2v) is 2.63. The minimum atomic E-state index is -0.836. The first-order chi connectivity index (χ1) is 6.60. The van der Waals surface area contributed by atoms with Gasteiger partial charge in [-0.25, -0.2) is 4.39 Å². The lowest BCUT2D eigenvalue weighted by Gasteiger charge is -2.07. The Bertz CT molecular complexity index is 365. The number of phenols is 1. The molecule has 0 aromatic heterocycles. The minimum Gasteiger partial charge on any atom is -0.508 e. The SMILES string of the molecule is COc1cc(O)cc(F)c1C(=O)CN. The van der Waals surface area contributed by atoms with Crippen molar-refractivity contribution in [1.82, 2.24) is 0 Å². The second kappa shape index (κ2) is 4.06. The van der Waals surface area contributed by atoms with Crippen LogP contribution in [0.15, 0.2) is 12.1 Å². The second-order valence-electron chi connectivity index (χ2n) is 2.63. The van der Waals surface area contributed by atoms with Crippen LogP contribution < -0.4 is 10.5 Å². The van der Waals surface area contributed by atoms with Crippen molar-refractivity contribution in [2.45, 2.75) is 0 Å². The number of methoxy groups -OCH3 is 1. The molecule has 0 saturated carbocycles. The summed E-state index contributed by atoms with van der Waals surface area (Å²) in [6, 6.07) is 2.00. The first-order valence-electron chi connectivity index (χ1n) is 3.90. The first kappa shape index (κ1) is 10.5. The van der Waals surface area contributed by atoms with Gasteiger partial charge in [-0.15, -0.1) is 0 Å². The summed E-state index contributed by atoms with van der Waals surface area (Å²) in [6.07, 6.45) is 0. The number of benzene rings is 1. The third-order valence-corrected chi connectivity index (χ3v) is 1.72. The van der Waals surface area contributed by atoms with Gasteiger partial charge < -0.3 is 15.6 Å². The summed E-state index contributed by atoms with van der Waals surface area (Å²) in [5.41, 5.74) is 4.87. The van der Waals surface area contributed by atoms with Crippen LogP contribution in [0.5, 0.6) is 11.5 Å². The van der Waals surface area contributed by atoms with E-state index in [1.807, 2.05) is 0 Å². The molecule has 0 bridgehead atoms. The molecule has 0 spiro atoms. The number of ether oxygens (including phenoxy) is 1. The highest BCUT2D eigenvalue weighted by molar-refractivity contribution is 6.00. The van der Waals surface area contributed by atoms with Crippen LogP contribution in [-0.2, 0) is 0 Å². The van der Waals surface area contributed by atoms with Crippen molar-refractivity contribution >= 4 is 5.78 Å². The maximum Gasteiger partial charge on any atom is 0.183 e. The van der Waals surface area contributed by atoms with Crippen LogP contribution >= 0.6 is 0 Å². The van der Waals surface area contributed by atoms with E-state index < -0.39 is 11.6 Å². The molecule has 0 radical (unpaired) electrons. The van der Waals surface area contributed by atoms with E-state index >= 15 is 0 Å². The van der Waals surface area contributed by atoms with E-state index in [0.717, 1.165) is 12.1 Å². The summed E-state index contributed by atoms with van der Waals surface area (Å²) in [7, 11) is 1.28. The van der Waals surface area contributed by atoms with Gasteiger partial charge in [-0.3, -0.25) is 4.79 Å². The molecule has 0 unspecified atom stereocenters. The van der Waals surface area contributed by atoms with Crippen LogP contribution in [0, 0.1) is 5.82 Å². The van der Waals surface area contributed by atoms with Gasteiger partial charge in [0.15, 0.2) is 5.78 Å². The summed E-state index contributed by atoms with van der Waals surface area (Å²) >= 11 is 0. The van der Waals surface area contributed by atoms with Gasteiger partial charge in [-0.05, 0) is 0 Å². The average Bonchev–Trinajstić information content (AvgIpc) is 2.15. The summed E-state index contributed by atoms with van der Waals surface area (Å²) in [4.78, 5) is 11.2. The van der Waals surface area contributed by atoms with Gasteiger partial charge in [0.1, 0.15) is 17.3 Å². The number of aromatic hydroxyl groups is 1. The molecule has 0 fully saturated rings.